The van der Waals surface area contributed by atoms with Crippen molar-refractivity contribution < 1.29 is 18.0 Å². The summed E-state index contributed by atoms with van der Waals surface area (Å²) in [6.45, 7) is 2.10. The van der Waals surface area contributed by atoms with Gasteiger partial charge in [0.2, 0.25) is 5.91 Å². The third-order valence-corrected chi connectivity index (χ3v) is 3.58. The van der Waals surface area contributed by atoms with Gasteiger partial charge in [-0.3, -0.25) is 14.2 Å². The summed E-state index contributed by atoms with van der Waals surface area (Å²) in [4.78, 5) is 12.0. The Balaban J connectivity index is 1.62. The van der Waals surface area contributed by atoms with Crippen molar-refractivity contribution in [2.24, 2.45) is 0 Å². The maximum Gasteiger partial charge on any atom is 0.416 e. The summed E-state index contributed by atoms with van der Waals surface area (Å²) in [5.41, 5.74) is 1.18. The van der Waals surface area contributed by atoms with Gasteiger partial charge < -0.3 is 5.32 Å². The monoisotopic (exact) mass is 363 g/mol. The summed E-state index contributed by atoms with van der Waals surface area (Å²) in [5.74, 6) is -0.272. The minimum atomic E-state index is -4.38. The van der Waals surface area contributed by atoms with E-state index in [0.29, 0.717) is 11.3 Å². The molecule has 0 aliphatic carbocycles. The number of anilines is 1. The number of rotatable bonds is 5. The number of aromatic nitrogens is 4. The maximum atomic E-state index is 12.8. The van der Waals surface area contributed by atoms with Crippen molar-refractivity contribution in [2.75, 3.05) is 5.32 Å². The van der Waals surface area contributed by atoms with Crippen molar-refractivity contribution in [3.63, 3.8) is 0 Å². The van der Waals surface area contributed by atoms with Gasteiger partial charge in [0.25, 0.3) is 0 Å². The smallest absolute Gasteiger partial charge is 0.322 e. The van der Waals surface area contributed by atoms with Crippen molar-refractivity contribution in [1.82, 2.24) is 19.6 Å². The summed E-state index contributed by atoms with van der Waals surface area (Å²) in [6.07, 6.45) is 2.02. The Bertz CT molecular complexity index is 913. The van der Waals surface area contributed by atoms with Gasteiger partial charge in [0, 0.05) is 12.4 Å². The van der Waals surface area contributed by atoms with Gasteiger partial charge in [0.1, 0.15) is 6.54 Å². The standard InChI is InChI=1S/C17H16F3N5O/c1-12-6-21-24(8-12)11-16(26)23-15-7-22-25(10-15)9-13-3-2-4-14(5-13)17(18,19)20/h2-8,10H,9,11H2,1H3,(H,23,26). The van der Waals surface area contributed by atoms with Crippen LogP contribution in [0.25, 0.3) is 0 Å². The maximum absolute atomic E-state index is 12.8. The Morgan fingerprint density at radius 1 is 1.15 bits per heavy atom. The number of carbonyl (C=O) groups is 1. The minimum Gasteiger partial charge on any atom is -0.322 e. The zero-order chi connectivity index (χ0) is 18.7. The fourth-order valence-corrected chi connectivity index (χ4v) is 2.45. The lowest BCUT2D eigenvalue weighted by Crippen LogP contribution is -2.18. The van der Waals surface area contributed by atoms with E-state index in [0.717, 1.165) is 17.7 Å². The number of carbonyl (C=O) groups excluding carboxylic acids is 1. The van der Waals surface area contributed by atoms with E-state index < -0.39 is 11.7 Å². The SMILES string of the molecule is Cc1cnn(CC(=O)Nc2cnn(Cc3cccc(C(F)(F)F)c3)c2)c1. The number of aryl methyl sites for hydroxylation is 1. The molecule has 0 unspecified atom stereocenters. The van der Waals surface area contributed by atoms with Crippen molar-refractivity contribution >= 4 is 11.6 Å². The average Bonchev–Trinajstić information content (AvgIpc) is 3.16. The Morgan fingerprint density at radius 3 is 2.62 bits per heavy atom. The van der Waals surface area contributed by atoms with E-state index in [9.17, 15) is 18.0 Å². The largest absolute Gasteiger partial charge is 0.416 e. The summed E-state index contributed by atoms with van der Waals surface area (Å²) in [5, 5.41) is 10.8. The molecule has 0 fully saturated rings. The molecule has 9 heteroatoms. The Morgan fingerprint density at radius 2 is 1.92 bits per heavy atom. The topological polar surface area (TPSA) is 64.7 Å². The lowest BCUT2D eigenvalue weighted by atomic mass is 10.1. The number of halogens is 3. The Hall–Kier alpha value is -3.10. The van der Waals surface area contributed by atoms with Crippen LogP contribution >= 0.6 is 0 Å². The fourth-order valence-electron chi connectivity index (χ4n) is 2.45. The highest BCUT2D eigenvalue weighted by Crippen LogP contribution is 2.29. The van der Waals surface area contributed by atoms with Crippen LogP contribution in [0.5, 0.6) is 0 Å². The molecule has 0 aliphatic heterocycles. The Kier molecular flexibility index (Phi) is 4.79. The van der Waals surface area contributed by atoms with Gasteiger partial charge in [-0.05, 0) is 30.2 Å². The summed E-state index contributed by atoms with van der Waals surface area (Å²) >= 11 is 0. The second-order valence-electron chi connectivity index (χ2n) is 5.89. The zero-order valence-corrected chi connectivity index (χ0v) is 13.9. The van der Waals surface area contributed by atoms with Crippen molar-refractivity contribution in [2.45, 2.75) is 26.2 Å². The van der Waals surface area contributed by atoms with E-state index in [2.05, 4.69) is 15.5 Å². The molecule has 6 nitrogen and oxygen atoms in total. The van der Waals surface area contributed by atoms with Gasteiger partial charge in [-0.1, -0.05) is 12.1 Å². The van der Waals surface area contributed by atoms with Crippen LogP contribution in [-0.2, 0) is 24.1 Å². The number of alkyl halides is 3. The quantitative estimate of drug-likeness (QED) is 0.758. The highest BCUT2D eigenvalue weighted by atomic mass is 19.4. The van der Waals surface area contributed by atoms with Gasteiger partial charge in [-0.2, -0.15) is 23.4 Å². The molecule has 1 N–H and O–H groups in total. The molecule has 26 heavy (non-hydrogen) atoms. The van der Waals surface area contributed by atoms with Gasteiger partial charge >= 0.3 is 6.18 Å². The van der Waals surface area contributed by atoms with Crippen LogP contribution in [0.2, 0.25) is 0 Å². The van der Waals surface area contributed by atoms with E-state index in [4.69, 9.17) is 0 Å². The number of nitrogens with zero attached hydrogens (tertiary/aromatic N) is 4. The summed E-state index contributed by atoms with van der Waals surface area (Å²) in [7, 11) is 0. The molecule has 0 bridgehead atoms. The van der Waals surface area contributed by atoms with Crippen LogP contribution in [0.3, 0.4) is 0 Å². The second-order valence-corrected chi connectivity index (χ2v) is 5.89. The molecular formula is C17H16F3N5O. The average molecular weight is 363 g/mol. The first-order chi connectivity index (χ1) is 12.3. The number of hydrogen-bond acceptors (Lipinski definition) is 3. The number of amides is 1. The van der Waals surface area contributed by atoms with Crippen LogP contribution < -0.4 is 5.32 Å². The summed E-state index contributed by atoms with van der Waals surface area (Å²) < 4.78 is 41.2. The fraction of sp³-hybridized carbons (Fsp3) is 0.235. The molecular weight excluding hydrogens is 347 g/mol. The molecule has 136 valence electrons. The van der Waals surface area contributed by atoms with Crippen molar-refractivity contribution in [3.05, 3.63) is 65.7 Å². The molecule has 2 heterocycles. The molecule has 0 atom stereocenters. The van der Waals surface area contributed by atoms with Crippen molar-refractivity contribution in [1.29, 1.82) is 0 Å². The summed E-state index contributed by atoms with van der Waals surface area (Å²) in [6, 6.07) is 5.06. The van der Waals surface area contributed by atoms with Crippen LogP contribution in [0.4, 0.5) is 18.9 Å². The molecule has 2 aromatic heterocycles. The van der Waals surface area contributed by atoms with E-state index in [1.54, 1.807) is 24.7 Å². The molecule has 1 aromatic carbocycles. The third-order valence-electron chi connectivity index (χ3n) is 3.58. The molecule has 1 amide bonds. The zero-order valence-electron chi connectivity index (χ0n) is 13.9. The first kappa shape index (κ1) is 17.7. The number of benzene rings is 1. The lowest BCUT2D eigenvalue weighted by Gasteiger charge is -2.08. The molecule has 3 rings (SSSR count). The highest BCUT2D eigenvalue weighted by molar-refractivity contribution is 5.90. The van der Waals surface area contributed by atoms with E-state index in [1.807, 2.05) is 6.92 Å². The van der Waals surface area contributed by atoms with Crippen molar-refractivity contribution in [3.8, 4) is 0 Å². The number of hydrogen-bond donors (Lipinski definition) is 1. The molecule has 0 spiro atoms. The van der Waals surface area contributed by atoms with Gasteiger partial charge in [-0.25, -0.2) is 0 Å². The molecule has 0 saturated heterocycles. The number of nitrogens with one attached hydrogen (secondary N) is 1. The first-order valence-corrected chi connectivity index (χ1v) is 7.77. The second kappa shape index (κ2) is 7.03. The first-order valence-electron chi connectivity index (χ1n) is 7.77. The predicted octanol–water partition coefficient (Wildman–Crippen LogP) is 3.09. The van der Waals surface area contributed by atoms with Crippen LogP contribution in [0.15, 0.2) is 49.1 Å². The lowest BCUT2D eigenvalue weighted by molar-refractivity contribution is -0.137. The van der Waals surface area contributed by atoms with E-state index in [1.165, 1.54) is 21.6 Å². The van der Waals surface area contributed by atoms with Crippen LogP contribution in [0.1, 0.15) is 16.7 Å². The van der Waals surface area contributed by atoms with Crippen LogP contribution in [-0.4, -0.2) is 25.5 Å². The minimum absolute atomic E-state index is 0.0622. The van der Waals surface area contributed by atoms with Gasteiger partial charge in [0.15, 0.2) is 0 Å². The molecule has 0 aliphatic rings. The molecule has 0 radical (unpaired) electrons. The van der Waals surface area contributed by atoms with E-state index in [-0.39, 0.29) is 19.0 Å². The predicted molar refractivity (Wildman–Crippen MR) is 88.4 cm³/mol. The third kappa shape index (κ3) is 4.50. The Labute approximate surface area is 147 Å². The normalized spacial score (nSPS) is 11.5. The van der Waals surface area contributed by atoms with Gasteiger partial charge in [0.05, 0.1) is 30.2 Å². The molecule has 0 saturated carbocycles. The van der Waals surface area contributed by atoms with Gasteiger partial charge in [-0.15, -0.1) is 0 Å². The highest BCUT2D eigenvalue weighted by Gasteiger charge is 2.30. The van der Waals surface area contributed by atoms with Crippen LogP contribution in [0, 0.1) is 6.92 Å². The molecule has 3 aromatic rings. The van der Waals surface area contributed by atoms with E-state index >= 15 is 0 Å².